The first-order valence-electron chi connectivity index (χ1n) is 4.72. The lowest BCUT2D eigenvalue weighted by Crippen LogP contribution is -2.41. The standard InChI is InChI=1S/C10H13F2N3O.2ClH/c1-7-2-8(4-14-3-7)9(16)15-6-10(11,12)5-13;;/h2-4H,5-6,13H2,1H3,(H,15,16);2*1H. The Labute approximate surface area is 116 Å². The van der Waals surface area contributed by atoms with Gasteiger partial charge in [-0.1, -0.05) is 0 Å². The molecule has 0 saturated carbocycles. The van der Waals surface area contributed by atoms with Gasteiger partial charge in [-0.25, -0.2) is 8.78 Å². The fourth-order valence-electron chi connectivity index (χ4n) is 1.06. The molecule has 4 nitrogen and oxygen atoms in total. The van der Waals surface area contributed by atoms with Crippen molar-refractivity contribution in [3.05, 3.63) is 29.6 Å². The number of carbonyl (C=O) groups is 1. The number of hydrogen-bond donors (Lipinski definition) is 2. The molecule has 8 heteroatoms. The molecule has 0 saturated heterocycles. The van der Waals surface area contributed by atoms with Gasteiger partial charge in [0.25, 0.3) is 11.8 Å². The van der Waals surface area contributed by atoms with Crippen LogP contribution in [0.25, 0.3) is 0 Å². The van der Waals surface area contributed by atoms with E-state index in [1.54, 1.807) is 19.2 Å². The summed E-state index contributed by atoms with van der Waals surface area (Å²) >= 11 is 0. The SMILES string of the molecule is Cc1cncc(C(=O)NCC(F)(F)CN)c1.Cl.Cl. The Balaban J connectivity index is 0. The predicted octanol–water partition coefficient (Wildman–Crippen LogP) is 1.56. The summed E-state index contributed by atoms with van der Waals surface area (Å²) in [4.78, 5) is 15.2. The molecular formula is C10H15Cl2F2N3O. The molecule has 0 bridgehead atoms. The van der Waals surface area contributed by atoms with Gasteiger partial charge in [0.15, 0.2) is 0 Å². The van der Waals surface area contributed by atoms with Gasteiger partial charge in [-0.2, -0.15) is 0 Å². The van der Waals surface area contributed by atoms with E-state index in [0.717, 1.165) is 5.56 Å². The second-order valence-corrected chi connectivity index (χ2v) is 3.49. The van der Waals surface area contributed by atoms with Crippen molar-refractivity contribution in [2.75, 3.05) is 13.1 Å². The highest BCUT2D eigenvalue weighted by molar-refractivity contribution is 5.94. The molecule has 1 heterocycles. The minimum atomic E-state index is -3.08. The highest BCUT2D eigenvalue weighted by atomic mass is 35.5. The number of carbonyl (C=O) groups excluding carboxylic acids is 1. The topological polar surface area (TPSA) is 68.0 Å². The van der Waals surface area contributed by atoms with E-state index in [1.165, 1.54) is 6.20 Å². The highest BCUT2D eigenvalue weighted by Crippen LogP contribution is 2.09. The third kappa shape index (κ3) is 6.09. The second kappa shape index (κ2) is 8.18. The van der Waals surface area contributed by atoms with E-state index in [0.29, 0.717) is 0 Å². The first kappa shape index (κ1) is 19.4. The Morgan fingerprint density at radius 3 is 2.56 bits per heavy atom. The molecule has 3 N–H and O–H groups in total. The van der Waals surface area contributed by atoms with Crippen LogP contribution in [-0.2, 0) is 0 Å². The normalized spacial score (nSPS) is 10.0. The zero-order valence-corrected chi connectivity index (χ0v) is 11.3. The largest absolute Gasteiger partial charge is 0.346 e. The number of amides is 1. The molecule has 0 atom stereocenters. The summed E-state index contributed by atoms with van der Waals surface area (Å²) in [6.07, 6.45) is 2.90. The molecular weight excluding hydrogens is 287 g/mol. The highest BCUT2D eigenvalue weighted by Gasteiger charge is 2.27. The number of nitrogens with zero attached hydrogens (tertiary/aromatic N) is 1. The third-order valence-electron chi connectivity index (χ3n) is 1.94. The van der Waals surface area contributed by atoms with Crippen LogP contribution in [0.1, 0.15) is 15.9 Å². The number of nitrogens with two attached hydrogens (primary N) is 1. The number of alkyl halides is 2. The van der Waals surface area contributed by atoms with Gasteiger partial charge in [0.1, 0.15) is 0 Å². The summed E-state index contributed by atoms with van der Waals surface area (Å²) in [6.45, 7) is 0.202. The van der Waals surface area contributed by atoms with Crippen LogP contribution in [-0.4, -0.2) is 29.9 Å². The van der Waals surface area contributed by atoms with E-state index in [1.807, 2.05) is 0 Å². The number of aromatic nitrogens is 1. The Morgan fingerprint density at radius 1 is 1.44 bits per heavy atom. The van der Waals surface area contributed by atoms with Crippen LogP contribution in [0, 0.1) is 6.92 Å². The molecule has 0 fully saturated rings. The lowest BCUT2D eigenvalue weighted by molar-refractivity contribution is 0.0118. The summed E-state index contributed by atoms with van der Waals surface area (Å²) in [5, 5.41) is 2.11. The van der Waals surface area contributed by atoms with Crippen LogP contribution in [0.5, 0.6) is 0 Å². The molecule has 18 heavy (non-hydrogen) atoms. The molecule has 0 radical (unpaired) electrons. The van der Waals surface area contributed by atoms with Gasteiger partial charge in [-0.05, 0) is 18.6 Å². The minimum absolute atomic E-state index is 0. The number of pyridine rings is 1. The lowest BCUT2D eigenvalue weighted by atomic mass is 10.2. The maximum atomic E-state index is 12.8. The molecule has 104 valence electrons. The van der Waals surface area contributed by atoms with Gasteiger partial charge in [0.05, 0.1) is 18.7 Å². The molecule has 0 unspecified atom stereocenters. The molecule has 0 aliphatic carbocycles. The minimum Gasteiger partial charge on any atom is -0.346 e. The third-order valence-corrected chi connectivity index (χ3v) is 1.94. The molecule has 0 aromatic carbocycles. The quantitative estimate of drug-likeness (QED) is 0.887. The van der Waals surface area contributed by atoms with Crippen LogP contribution in [0.3, 0.4) is 0 Å². The first-order valence-corrected chi connectivity index (χ1v) is 4.72. The molecule has 1 aromatic rings. The monoisotopic (exact) mass is 301 g/mol. The van der Waals surface area contributed by atoms with Crippen LogP contribution in [0.2, 0.25) is 0 Å². The van der Waals surface area contributed by atoms with Crippen molar-refractivity contribution in [3.8, 4) is 0 Å². The number of aryl methyl sites for hydroxylation is 1. The summed E-state index contributed by atoms with van der Waals surface area (Å²) < 4.78 is 25.5. The van der Waals surface area contributed by atoms with Crippen LogP contribution >= 0.6 is 24.8 Å². The van der Waals surface area contributed by atoms with E-state index in [2.05, 4.69) is 10.3 Å². The van der Waals surface area contributed by atoms with E-state index in [9.17, 15) is 13.6 Å². The zero-order valence-electron chi connectivity index (χ0n) is 9.65. The Bertz CT molecular complexity index is 391. The molecule has 1 rings (SSSR count). The van der Waals surface area contributed by atoms with Crippen LogP contribution < -0.4 is 11.1 Å². The van der Waals surface area contributed by atoms with E-state index < -0.39 is 24.9 Å². The lowest BCUT2D eigenvalue weighted by Gasteiger charge is -2.14. The number of halogens is 4. The fraction of sp³-hybridized carbons (Fsp3) is 0.400. The van der Waals surface area contributed by atoms with Gasteiger partial charge in [0.2, 0.25) is 0 Å². The van der Waals surface area contributed by atoms with E-state index in [-0.39, 0.29) is 30.4 Å². The van der Waals surface area contributed by atoms with Gasteiger partial charge >= 0.3 is 0 Å². The summed E-state index contributed by atoms with van der Waals surface area (Å²) in [5.74, 6) is -3.66. The van der Waals surface area contributed by atoms with Crippen LogP contribution in [0.4, 0.5) is 8.78 Å². The molecule has 0 aliphatic rings. The summed E-state index contributed by atoms with van der Waals surface area (Å²) in [5.41, 5.74) is 5.89. The Hall–Kier alpha value is -0.980. The fourth-order valence-corrected chi connectivity index (χ4v) is 1.06. The number of hydrogen-bond acceptors (Lipinski definition) is 3. The van der Waals surface area contributed by atoms with Crippen molar-refractivity contribution in [2.24, 2.45) is 5.73 Å². The van der Waals surface area contributed by atoms with Crippen molar-refractivity contribution >= 4 is 30.7 Å². The second-order valence-electron chi connectivity index (χ2n) is 3.49. The smallest absolute Gasteiger partial charge is 0.277 e. The molecule has 0 aliphatic heterocycles. The molecule has 1 aromatic heterocycles. The molecule has 1 amide bonds. The predicted molar refractivity (Wildman–Crippen MR) is 69.8 cm³/mol. The van der Waals surface area contributed by atoms with Crippen molar-refractivity contribution in [1.29, 1.82) is 0 Å². The van der Waals surface area contributed by atoms with Gasteiger partial charge < -0.3 is 11.1 Å². The summed E-state index contributed by atoms with van der Waals surface area (Å²) in [7, 11) is 0. The average molecular weight is 302 g/mol. The molecule has 0 spiro atoms. The van der Waals surface area contributed by atoms with Crippen molar-refractivity contribution < 1.29 is 13.6 Å². The van der Waals surface area contributed by atoms with E-state index >= 15 is 0 Å². The Kier molecular flexibility index (Phi) is 8.80. The maximum absolute atomic E-state index is 12.8. The first-order chi connectivity index (χ1) is 7.44. The number of nitrogens with one attached hydrogen (secondary N) is 1. The van der Waals surface area contributed by atoms with Crippen molar-refractivity contribution in [1.82, 2.24) is 10.3 Å². The van der Waals surface area contributed by atoms with Gasteiger partial charge in [-0.15, -0.1) is 24.8 Å². The zero-order chi connectivity index (χ0) is 12.2. The summed E-state index contributed by atoms with van der Waals surface area (Å²) in [6, 6.07) is 1.57. The maximum Gasteiger partial charge on any atom is 0.277 e. The van der Waals surface area contributed by atoms with Crippen molar-refractivity contribution in [2.45, 2.75) is 12.8 Å². The van der Waals surface area contributed by atoms with Crippen molar-refractivity contribution in [3.63, 3.8) is 0 Å². The van der Waals surface area contributed by atoms with Gasteiger partial charge in [0, 0.05) is 12.4 Å². The average Bonchev–Trinajstić information content (AvgIpc) is 2.26. The Morgan fingerprint density at radius 2 is 2.06 bits per heavy atom. The number of rotatable bonds is 4. The van der Waals surface area contributed by atoms with E-state index in [4.69, 9.17) is 5.73 Å². The van der Waals surface area contributed by atoms with Gasteiger partial charge in [-0.3, -0.25) is 9.78 Å². The van der Waals surface area contributed by atoms with Crippen LogP contribution in [0.15, 0.2) is 18.5 Å².